The lowest BCUT2D eigenvalue weighted by Crippen LogP contribution is -2.29. The van der Waals surface area contributed by atoms with Crippen molar-refractivity contribution >= 4 is 62.6 Å². The molecule has 1 unspecified atom stereocenters. The second kappa shape index (κ2) is 19.4. The first-order valence-corrected chi connectivity index (χ1v) is 26.7. The molecule has 0 aromatic heterocycles. The highest BCUT2D eigenvalue weighted by atomic mass is 15.2. The van der Waals surface area contributed by atoms with Gasteiger partial charge in [-0.05, 0) is 184 Å². The normalized spacial score (nSPS) is 14.1. The Kier molecular flexibility index (Phi) is 11.5. The predicted octanol–water partition coefficient (Wildman–Crippen LogP) is 19.5. The van der Waals surface area contributed by atoms with E-state index in [4.69, 9.17) is 0 Å². The van der Waals surface area contributed by atoms with Crippen molar-refractivity contribution in [2.24, 2.45) is 0 Å². The van der Waals surface area contributed by atoms with Gasteiger partial charge in [-0.3, -0.25) is 0 Å². The third-order valence-electron chi connectivity index (χ3n) is 15.7. The van der Waals surface area contributed by atoms with Crippen LogP contribution in [0.2, 0.25) is 0 Å². The van der Waals surface area contributed by atoms with Crippen LogP contribution in [0.25, 0.3) is 22.3 Å². The molecule has 0 saturated carbocycles. The van der Waals surface area contributed by atoms with Gasteiger partial charge in [-0.1, -0.05) is 176 Å². The van der Waals surface area contributed by atoms with Gasteiger partial charge in [0.15, 0.2) is 0 Å². The number of anilines is 11. The van der Waals surface area contributed by atoms with Gasteiger partial charge in [-0.15, -0.1) is 0 Å². The molecular formula is C73H54N4. The van der Waals surface area contributed by atoms with Crippen LogP contribution >= 0.6 is 0 Å². The summed E-state index contributed by atoms with van der Waals surface area (Å²) >= 11 is 0. The van der Waals surface area contributed by atoms with Gasteiger partial charge >= 0.3 is 0 Å². The van der Waals surface area contributed by atoms with Crippen LogP contribution in [-0.2, 0) is 5.41 Å². The van der Waals surface area contributed by atoms with Crippen molar-refractivity contribution in [2.75, 3.05) is 19.6 Å². The fraction of sp³-hybridized carbons (Fsp3) is 0.0411. The number of fused-ring (bicyclic) bond motifs is 10. The maximum absolute atomic E-state index is 2.49. The van der Waals surface area contributed by atoms with Gasteiger partial charge in [0, 0.05) is 62.6 Å². The Morgan fingerprint density at radius 2 is 0.558 bits per heavy atom. The molecule has 0 saturated heterocycles. The minimum absolute atomic E-state index is 0.210. The topological polar surface area (TPSA) is 13.0 Å². The summed E-state index contributed by atoms with van der Waals surface area (Å²) in [5.41, 5.74) is 21.8. The summed E-state index contributed by atoms with van der Waals surface area (Å²) in [5.74, 6) is 0. The van der Waals surface area contributed by atoms with Gasteiger partial charge in [-0.25, -0.2) is 0 Å². The van der Waals surface area contributed by atoms with Crippen LogP contribution < -0.4 is 19.6 Å². The molecule has 0 aliphatic heterocycles. The SMILES string of the molecule is C1=CCC(N(c2ccccc2)c2ccc(N(c3ccccc3)c3ccc4c(c3)C3(c5ccccc5-c5ccccc53)c3cc(N(c5ccccc5)c5ccc(N(c6ccccc6)c6ccccc6)cc5)ccc3-4)cc2)C=C1. The van der Waals surface area contributed by atoms with Crippen molar-refractivity contribution in [3.05, 3.63) is 332 Å². The van der Waals surface area contributed by atoms with Crippen LogP contribution in [0.5, 0.6) is 0 Å². The molecule has 11 aromatic rings. The molecule has 4 nitrogen and oxygen atoms in total. The van der Waals surface area contributed by atoms with Crippen molar-refractivity contribution in [1.82, 2.24) is 0 Å². The summed E-state index contributed by atoms with van der Waals surface area (Å²) in [4.78, 5) is 9.61. The van der Waals surface area contributed by atoms with Crippen LogP contribution in [-0.4, -0.2) is 6.04 Å². The van der Waals surface area contributed by atoms with E-state index in [1.54, 1.807) is 0 Å². The second-order valence-electron chi connectivity index (χ2n) is 20.0. The van der Waals surface area contributed by atoms with E-state index in [1.807, 2.05) is 0 Å². The average molecular weight is 987 g/mol. The first-order valence-electron chi connectivity index (χ1n) is 26.7. The molecule has 4 heteroatoms. The zero-order chi connectivity index (χ0) is 51.1. The summed E-state index contributed by atoms with van der Waals surface area (Å²) in [6, 6.07) is 105. The Hall–Kier alpha value is -9.90. The van der Waals surface area contributed by atoms with E-state index >= 15 is 0 Å². The zero-order valence-corrected chi connectivity index (χ0v) is 42.5. The fourth-order valence-corrected chi connectivity index (χ4v) is 12.4. The monoisotopic (exact) mass is 986 g/mol. The standard InChI is InChI=1S/C73H54N4/c1-7-23-53(24-8-1)74(54-25-9-2-10-26-54)59-39-43-61(44-40-59)76(57-31-15-5-16-32-57)63-47-49-67-68-50-48-64(52-72(68)73(71(67)51-63)69-37-21-19-35-65(69)66-36-20-22-38-70(66)73)77(58-33-17-6-18-34-58)62-45-41-60(42-46-62)75(55-27-11-3-12-28-55)56-29-13-4-14-30-56/h1-29,31-52,56H,30H2. The van der Waals surface area contributed by atoms with Crippen molar-refractivity contribution in [1.29, 1.82) is 0 Å². The van der Waals surface area contributed by atoms with E-state index in [9.17, 15) is 0 Å². The Balaban J connectivity index is 0.918. The number of hydrogen-bond acceptors (Lipinski definition) is 4. The molecule has 0 fully saturated rings. The number of rotatable bonds is 12. The number of hydrogen-bond donors (Lipinski definition) is 0. The Morgan fingerprint density at radius 3 is 0.948 bits per heavy atom. The molecule has 0 N–H and O–H groups in total. The molecule has 77 heavy (non-hydrogen) atoms. The maximum atomic E-state index is 2.49. The van der Waals surface area contributed by atoms with E-state index in [1.165, 1.54) is 50.2 Å². The van der Waals surface area contributed by atoms with Gasteiger partial charge in [0.25, 0.3) is 0 Å². The van der Waals surface area contributed by atoms with Gasteiger partial charge < -0.3 is 19.6 Å². The summed E-state index contributed by atoms with van der Waals surface area (Å²) in [6.07, 6.45) is 9.82. The van der Waals surface area contributed by atoms with Crippen LogP contribution in [0.4, 0.5) is 62.6 Å². The molecule has 11 aromatic carbocycles. The number of para-hydroxylation sites is 5. The van der Waals surface area contributed by atoms with Crippen LogP contribution in [0.3, 0.4) is 0 Å². The highest BCUT2D eigenvalue weighted by Crippen LogP contribution is 2.64. The van der Waals surface area contributed by atoms with Gasteiger partial charge in [0.2, 0.25) is 0 Å². The number of benzene rings is 11. The maximum Gasteiger partial charge on any atom is 0.0727 e. The van der Waals surface area contributed by atoms with E-state index in [-0.39, 0.29) is 6.04 Å². The molecule has 366 valence electrons. The molecular weight excluding hydrogens is 933 g/mol. The molecule has 1 atom stereocenters. The molecule has 14 rings (SSSR count). The van der Waals surface area contributed by atoms with Crippen molar-refractivity contribution in [2.45, 2.75) is 17.9 Å². The first kappa shape index (κ1) is 45.7. The van der Waals surface area contributed by atoms with Crippen molar-refractivity contribution in [3.63, 3.8) is 0 Å². The van der Waals surface area contributed by atoms with E-state index in [2.05, 4.69) is 329 Å². The first-order chi connectivity index (χ1) is 38.2. The summed E-state index contributed by atoms with van der Waals surface area (Å²) in [7, 11) is 0. The summed E-state index contributed by atoms with van der Waals surface area (Å²) in [6.45, 7) is 0. The number of allylic oxidation sites excluding steroid dienone is 2. The minimum atomic E-state index is -0.605. The van der Waals surface area contributed by atoms with E-state index in [0.29, 0.717) is 0 Å². The molecule has 3 aliphatic carbocycles. The van der Waals surface area contributed by atoms with Crippen molar-refractivity contribution < 1.29 is 0 Å². The third-order valence-corrected chi connectivity index (χ3v) is 15.7. The van der Waals surface area contributed by atoms with E-state index < -0.39 is 5.41 Å². The Labute approximate surface area is 451 Å². The number of nitrogens with zero attached hydrogens (tertiary/aromatic N) is 4. The highest BCUT2D eigenvalue weighted by molar-refractivity contribution is 5.98. The third kappa shape index (κ3) is 7.84. The lowest BCUT2D eigenvalue weighted by Gasteiger charge is -2.34. The van der Waals surface area contributed by atoms with Gasteiger partial charge in [-0.2, -0.15) is 0 Å². The minimum Gasteiger partial charge on any atom is -0.334 e. The van der Waals surface area contributed by atoms with Gasteiger partial charge in [0.05, 0.1) is 11.5 Å². The molecule has 3 aliphatic rings. The van der Waals surface area contributed by atoms with Crippen LogP contribution in [0.1, 0.15) is 28.7 Å². The summed E-state index contributed by atoms with van der Waals surface area (Å²) < 4.78 is 0. The predicted molar refractivity (Wildman–Crippen MR) is 322 cm³/mol. The Bertz CT molecular complexity index is 3860. The lowest BCUT2D eigenvalue weighted by atomic mass is 9.70. The lowest BCUT2D eigenvalue weighted by molar-refractivity contribution is 0.785. The zero-order valence-electron chi connectivity index (χ0n) is 42.5. The molecule has 0 heterocycles. The molecule has 0 amide bonds. The van der Waals surface area contributed by atoms with Crippen LogP contribution in [0.15, 0.2) is 309 Å². The molecule has 0 radical (unpaired) electrons. The largest absolute Gasteiger partial charge is 0.334 e. The summed E-state index contributed by atoms with van der Waals surface area (Å²) in [5, 5.41) is 0. The van der Waals surface area contributed by atoms with Gasteiger partial charge in [0.1, 0.15) is 0 Å². The molecule has 0 bridgehead atoms. The van der Waals surface area contributed by atoms with Crippen molar-refractivity contribution in [3.8, 4) is 22.3 Å². The molecule has 1 spiro atoms. The smallest absolute Gasteiger partial charge is 0.0727 e. The van der Waals surface area contributed by atoms with E-state index in [0.717, 1.165) is 63.3 Å². The quantitative estimate of drug-likeness (QED) is 0.121. The highest BCUT2D eigenvalue weighted by Gasteiger charge is 2.52. The average Bonchev–Trinajstić information content (AvgIpc) is 4.21. The van der Waals surface area contributed by atoms with Crippen LogP contribution in [0, 0.1) is 0 Å². The Morgan fingerprint density at radius 1 is 0.260 bits per heavy atom. The second-order valence-corrected chi connectivity index (χ2v) is 20.0. The fourth-order valence-electron chi connectivity index (χ4n) is 12.4.